The van der Waals surface area contributed by atoms with E-state index in [2.05, 4.69) is 26.1 Å². The molecule has 0 atom stereocenters. The Hall–Kier alpha value is -0.320. The maximum absolute atomic E-state index is 5.40. The fraction of sp³-hybridized carbons (Fsp3) is 0.600. The molecule has 1 aliphatic heterocycles. The van der Waals surface area contributed by atoms with Crippen LogP contribution in [0.15, 0.2) is 21.2 Å². The van der Waals surface area contributed by atoms with Crippen molar-refractivity contribution in [3.05, 3.63) is 22.6 Å². The van der Waals surface area contributed by atoms with Gasteiger partial charge in [-0.25, -0.2) is 0 Å². The molecule has 4 heteroatoms. The van der Waals surface area contributed by atoms with Crippen LogP contribution in [-0.2, 0) is 6.54 Å². The molecular weight excluding hydrogens is 244 g/mol. The second-order valence-electron chi connectivity index (χ2n) is 3.57. The molecule has 0 amide bonds. The van der Waals surface area contributed by atoms with E-state index in [1.54, 1.807) is 6.26 Å². The smallest absolute Gasteiger partial charge is 0.131 e. The molecule has 0 aliphatic carbocycles. The van der Waals surface area contributed by atoms with Gasteiger partial charge in [-0.3, -0.25) is 4.90 Å². The van der Waals surface area contributed by atoms with Crippen molar-refractivity contribution >= 4 is 15.9 Å². The predicted molar refractivity (Wildman–Crippen MR) is 59.2 cm³/mol. The van der Waals surface area contributed by atoms with Gasteiger partial charge in [0.15, 0.2) is 0 Å². The lowest BCUT2D eigenvalue weighted by Gasteiger charge is -2.17. The lowest BCUT2D eigenvalue weighted by molar-refractivity contribution is 0.258. The van der Waals surface area contributed by atoms with E-state index >= 15 is 0 Å². The molecule has 0 aromatic carbocycles. The summed E-state index contributed by atoms with van der Waals surface area (Å²) in [5.74, 6) is 1.03. The highest BCUT2D eigenvalue weighted by Gasteiger charge is 2.12. The van der Waals surface area contributed by atoms with Gasteiger partial charge in [-0.05, 0) is 41.5 Å². The van der Waals surface area contributed by atoms with Crippen molar-refractivity contribution in [3.63, 3.8) is 0 Å². The standard InChI is InChI=1S/C10H15BrN2O/c11-9-2-7-14-10(9)8-13-5-1-3-12-4-6-13/h2,7,12H,1,3-6,8H2. The molecule has 1 aliphatic rings. The van der Waals surface area contributed by atoms with E-state index in [1.165, 1.54) is 6.42 Å². The van der Waals surface area contributed by atoms with E-state index in [9.17, 15) is 0 Å². The number of nitrogens with one attached hydrogen (secondary N) is 1. The Morgan fingerprint density at radius 3 is 3.14 bits per heavy atom. The zero-order valence-corrected chi connectivity index (χ0v) is 9.72. The molecule has 1 aromatic heterocycles. The summed E-state index contributed by atoms with van der Waals surface area (Å²) >= 11 is 3.48. The van der Waals surface area contributed by atoms with Gasteiger partial charge in [-0.1, -0.05) is 0 Å². The van der Waals surface area contributed by atoms with Crippen LogP contribution in [0.3, 0.4) is 0 Å². The largest absolute Gasteiger partial charge is 0.467 e. The van der Waals surface area contributed by atoms with Gasteiger partial charge in [-0.15, -0.1) is 0 Å². The van der Waals surface area contributed by atoms with Crippen LogP contribution >= 0.6 is 15.9 Å². The number of halogens is 1. The molecule has 2 heterocycles. The van der Waals surface area contributed by atoms with Crippen molar-refractivity contribution in [1.82, 2.24) is 10.2 Å². The normalized spacial score (nSPS) is 19.5. The first-order valence-electron chi connectivity index (χ1n) is 5.01. The predicted octanol–water partition coefficient (Wildman–Crippen LogP) is 1.84. The van der Waals surface area contributed by atoms with E-state index in [4.69, 9.17) is 4.42 Å². The Kier molecular flexibility index (Phi) is 3.61. The number of furan rings is 1. The lowest BCUT2D eigenvalue weighted by atomic mass is 10.3. The summed E-state index contributed by atoms with van der Waals surface area (Å²) in [6.07, 6.45) is 2.95. The van der Waals surface area contributed by atoms with Gasteiger partial charge in [0.1, 0.15) is 5.76 Å². The highest BCUT2D eigenvalue weighted by Crippen LogP contribution is 2.19. The molecule has 0 spiro atoms. The van der Waals surface area contributed by atoms with Gasteiger partial charge in [0.05, 0.1) is 17.3 Å². The molecule has 0 bridgehead atoms. The van der Waals surface area contributed by atoms with Gasteiger partial charge in [0, 0.05) is 13.1 Å². The third-order valence-electron chi connectivity index (χ3n) is 2.49. The second kappa shape index (κ2) is 4.96. The van der Waals surface area contributed by atoms with Crippen LogP contribution in [0.2, 0.25) is 0 Å². The third-order valence-corrected chi connectivity index (χ3v) is 3.20. The number of rotatable bonds is 2. The topological polar surface area (TPSA) is 28.4 Å². The first kappa shape index (κ1) is 10.2. The number of nitrogens with zero attached hydrogens (tertiary/aromatic N) is 1. The van der Waals surface area contributed by atoms with E-state index in [1.807, 2.05) is 6.07 Å². The monoisotopic (exact) mass is 258 g/mol. The van der Waals surface area contributed by atoms with Crippen LogP contribution < -0.4 is 5.32 Å². The Morgan fingerprint density at radius 2 is 2.36 bits per heavy atom. The minimum atomic E-state index is 0.912. The molecule has 0 unspecified atom stereocenters. The molecule has 14 heavy (non-hydrogen) atoms. The van der Waals surface area contributed by atoms with E-state index in [-0.39, 0.29) is 0 Å². The Labute approximate surface area is 92.6 Å². The van der Waals surface area contributed by atoms with Crippen LogP contribution in [-0.4, -0.2) is 31.1 Å². The van der Waals surface area contributed by atoms with Crippen molar-refractivity contribution in [1.29, 1.82) is 0 Å². The van der Waals surface area contributed by atoms with Crippen LogP contribution in [0.4, 0.5) is 0 Å². The number of hydrogen-bond acceptors (Lipinski definition) is 3. The summed E-state index contributed by atoms with van der Waals surface area (Å²) in [5, 5.41) is 3.39. The molecule has 0 saturated carbocycles. The maximum atomic E-state index is 5.40. The molecule has 78 valence electrons. The summed E-state index contributed by atoms with van der Waals surface area (Å²) < 4.78 is 6.48. The molecule has 1 aromatic rings. The lowest BCUT2D eigenvalue weighted by Crippen LogP contribution is -2.27. The Balaban J connectivity index is 1.92. The van der Waals surface area contributed by atoms with Crippen molar-refractivity contribution < 1.29 is 4.42 Å². The van der Waals surface area contributed by atoms with Crippen LogP contribution in [0.25, 0.3) is 0 Å². The Morgan fingerprint density at radius 1 is 1.43 bits per heavy atom. The third kappa shape index (κ3) is 2.59. The quantitative estimate of drug-likeness (QED) is 0.878. The zero-order chi connectivity index (χ0) is 9.80. The van der Waals surface area contributed by atoms with E-state index in [0.29, 0.717) is 0 Å². The maximum Gasteiger partial charge on any atom is 0.131 e. The van der Waals surface area contributed by atoms with E-state index in [0.717, 1.165) is 43.0 Å². The van der Waals surface area contributed by atoms with Gasteiger partial charge < -0.3 is 9.73 Å². The second-order valence-corrected chi connectivity index (χ2v) is 4.43. The molecule has 0 radical (unpaired) electrons. The summed E-state index contributed by atoms with van der Waals surface area (Å²) in [7, 11) is 0. The molecule has 2 rings (SSSR count). The molecule has 3 nitrogen and oxygen atoms in total. The first-order chi connectivity index (χ1) is 6.86. The minimum absolute atomic E-state index is 0.912. The SMILES string of the molecule is Brc1ccoc1CN1CCCNCC1. The van der Waals surface area contributed by atoms with Crippen LogP contribution in [0.1, 0.15) is 12.2 Å². The molecular formula is C10H15BrN2O. The molecule has 1 saturated heterocycles. The van der Waals surface area contributed by atoms with Crippen molar-refractivity contribution in [2.24, 2.45) is 0 Å². The minimum Gasteiger partial charge on any atom is -0.467 e. The zero-order valence-electron chi connectivity index (χ0n) is 8.13. The van der Waals surface area contributed by atoms with Crippen LogP contribution in [0, 0.1) is 0 Å². The molecule has 1 fully saturated rings. The van der Waals surface area contributed by atoms with Gasteiger partial charge in [-0.2, -0.15) is 0 Å². The van der Waals surface area contributed by atoms with Gasteiger partial charge in [0.25, 0.3) is 0 Å². The summed E-state index contributed by atoms with van der Waals surface area (Å²) in [6.45, 7) is 5.39. The summed E-state index contributed by atoms with van der Waals surface area (Å²) in [6, 6.07) is 1.95. The molecule has 1 N–H and O–H groups in total. The average Bonchev–Trinajstić information content (AvgIpc) is 2.44. The average molecular weight is 259 g/mol. The van der Waals surface area contributed by atoms with Crippen LogP contribution in [0.5, 0.6) is 0 Å². The van der Waals surface area contributed by atoms with Crippen molar-refractivity contribution in [2.45, 2.75) is 13.0 Å². The van der Waals surface area contributed by atoms with Gasteiger partial charge in [0.2, 0.25) is 0 Å². The van der Waals surface area contributed by atoms with Gasteiger partial charge >= 0.3 is 0 Å². The fourth-order valence-electron chi connectivity index (χ4n) is 1.70. The first-order valence-corrected chi connectivity index (χ1v) is 5.80. The highest BCUT2D eigenvalue weighted by molar-refractivity contribution is 9.10. The summed E-state index contributed by atoms with van der Waals surface area (Å²) in [5.41, 5.74) is 0. The Bertz CT molecular complexity index is 279. The summed E-state index contributed by atoms with van der Waals surface area (Å²) in [4.78, 5) is 2.42. The van der Waals surface area contributed by atoms with Crippen molar-refractivity contribution in [2.75, 3.05) is 26.2 Å². The van der Waals surface area contributed by atoms with Crippen molar-refractivity contribution in [3.8, 4) is 0 Å². The number of hydrogen-bond donors (Lipinski definition) is 1. The van der Waals surface area contributed by atoms with E-state index < -0.39 is 0 Å². The highest BCUT2D eigenvalue weighted by atomic mass is 79.9. The fourth-order valence-corrected chi connectivity index (χ4v) is 2.03.